The predicted octanol–water partition coefficient (Wildman–Crippen LogP) is 0.0563. The first-order valence-corrected chi connectivity index (χ1v) is 5.08. The zero-order valence-electron chi connectivity index (χ0n) is 9.02. The second-order valence-corrected chi connectivity index (χ2v) is 3.89. The fourth-order valence-corrected chi connectivity index (χ4v) is 1.67. The number of aliphatic hydroxyl groups excluding tert-OH is 1. The van der Waals surface area contributed by atoms with Gasteiger partial charge in [0.25, 0.3) is 5.91 Å². The van der Waals surface area contributed by atoms with E-state index < -0.39 is 24.3 Å². The van der Waals surface area contributed by atoms with Crippen LogP contribution in [0.2, 0.25) is 0 Å². The molecule has 0 spiro atoms. The summed E-state index contributed by atoms with van der Waals surface area (Å²) < 4.78 is 43.2. The highest BCUT2D eigenvalue weighted by atomic mass is 19.4. The lowest BCUT2D eigenvalue weighted by atomic mass is 10.1. The minimum Gasteiger partial charge on any atom is -0.471 e. The molecule has 9 heteroatoms. The summed E-state index contributed by atoms with van der Waals surface area (Å²) in [5, 5.41) is 12.8. The molecule has 0 fully saturated rings. The zero-order chi connectivity index (χ0) is 13.5. The normalized spacial score (nSPS) is 21.0. The second-order valence-electron chi connectivity index (χ2n) is 3.89. The number of amides is 1. The minimum atomic E-state index is -4.75. The second kappa shape index (κ2) is 4.16. The number of alkyl halides is 3. The summed E-state index contributed by atoms with van der Waals surface area (Å²) in [7, 11) is 0. The lowest BCUT2D eigenvalue weighted by Gasteiger charge is -2.29. The Labute approximate surface area is 99.1 Å². The number of halogens is 3. The molecule has 0 aliphatic carbocycles. The molecule has 3 N–H and O–H groups in total. The summed E-state index contributed by atoms with van der Waals surface area (Å²) in [6.07, 6.45) is -8.79. The van der Waals surface area contributed by atoms with Gasteiger partial charge in [-0.2, -0.15) is 18.3 Å². The molecule has 0 aromatic carbocycles. The third kappa shape index (κ3) is 2.26. The number of aryl methyl sites for hydroxylation is 1. The molecule has 6 nitrogen and oxygen atoms in total. The van der Waals surface area contributed by atoms with E-state index in [2.05, 4.69) is 5.10 Å². The van der Waals surface area contributed by atoms with Gasteiger partial charge in [-0.25, -0.2) is 4.68 Å². The van der Waals surface area contributed by atoms with E-state index in [-0.39, 0.29) is 24.5 Å². The van der Waals surface area contributed by atoms with E-state index >= 15 is 0 Å². The van der Waals surface area contributed by atoms with Gasteiger partial charge in [-0.15, -0.1) is 0 Å². The number of carbonyl (C=O) groups excluding carboxylic acids is 1. The first-order valence-electron chi connectivity index (χ1n) is 5.08. The molecule has 2 rings (SSSR count). The SMILES string of the molecule is NC(=O)c1cc2n(n1)CCC(C(O)C(F)(F)F)O2. The van der Waals surface area contributed by atoms with Crippen LogP contribution in [0.4, 0.5) is 13.2 Å². The Hall–Kier alpha value is -1.77. The van der Waals surface area contributed by atoms with Gasteiger partial charge in [0.15, 0.2) is 11.8 Å². The molecule has 1 amide bonds. The number of aromatic nitrogens is 2. The molecule has 0 bridgehead atoms. The number of nitrogens with zero attached hydrogens (tertiary/aromatic N) is 2. The van der Waals surface area contributed by atoms with E-state index in [9.17, 15) is 18.0 Å². The monoisotopic (exact) mass is 265 g/mol. The number of rotatable bonds is 2. The van der Waals surface area contributed by atoms with Crippen LogP contribution in [-0.2, 0) is 6.54 Å². The maximum Gasteiger partial charge on any atom is 0.418 e. The predicted molar refractivity (Wildman–Crippen MR) is 51.8 cm³/mol. The van der Waals surface area contributed by atoms with E-state index in [1.165, 1.54) is 4.68 Å². The van der Waals surface area contributed by atoms with Crippen LogP contribution < -0.4 is 10.5 Å². The molecule has 1 aliphatic heterocycles. The van der Waals surface area contributed by atoms with Crippen LogP contribution in [0.1, 0.15) is 16.9 Å². The van der Waals surface area contributed by atoms with Crippen LogP contribution in [0, 0.1) is 0 Å². The van der Waals surface area contributed by atoms with Crippen LogP contribution in [0.3, 0.4) is 0 Å². The van der Waals surface area contributed by atoms with Crippen LogP contribution >= 0.6 is 0 Å². The third-order valence-corrected chi connectivity index (χ3v) is 2.58. The Balaban J connectivity index is 2.17. The van der Waals surface area contributed by atoms with Crippen LogP contribution in [0.15, 0.2) is 6.07 Å². The highest BCUT2D eigenvalue weighted by Crippen LogP contribution is 2.30. The molecule has 1 aromatic rings. The number of fused-ring (bicyclic) bond motifs is 1. The van der Waals surface area contributed by atoms with Gasteiger partial charge in [-0.1, -0.05) is 0 Å². The van der Waals surface area contributed by atoms with Crippen LogP contribution in [0.5, 0.6) is 5.88 Å². The molecular weight excluding hydrogens is 255 g/mol. The van der Waals surface area contributed by atoms with Crippen molar-refractivity contribution in [1.29, 1.82) is 0 Å². The van der Waals surface area contributed by atoms with E-state index in [1.54, 1.807) is 0 Å². The van der Waals surface area contributed by atoms with Gasteiger partial charge in [-0.05, 0) is 0 Å². The molecule has 1 aromatic heterocycles. The number of primary amides is 1. The van der Waals surface area contributed by atoms with Crippen molar-refractivity contribution in [3.8, 4) is 5.88 Å². The minimum absolute atomic E-state index is 0.0108. The van der Waals surface area contributed by atoms with Crippen molar-refractivity contribution in [2.24, 2.45) is 5.73 Å². The van der Waals surface area contributed by atoms with Gasteiger partial charge in [0.05, 0.1) is 0 Å². The van der Waals surface area contributed by atoms with Crippen molar-refractivity contribution < 1.29 is 27.8 Å². The van der Waals surface area contributed by atoms with Gasteiger partial charge in [0, 0.05) is 19.0 Å². The average Bonchev–Trinajstić information content (AvgIpc) is 2.69. The van der Waals surface area contributed by atoms with Gasteiger partial charge in [0.1, 0.15) is 6.10 Å². The average molecular weight is 265 g/mol. The molecule has 1 aliphatic rings. The van der Waals surface area contributed by atoms with Crippen molar-refractivity contribution in [2.45, 2.75) is 31.3 Å². The van der Waals surface area contributed by atoms with Gasteiger partial charge >= 0.3 is 6.18 Å². The Morgan fingerprint density at radius 2 is 2.33 bits per heavy atom. The first kappa shape index (κ1) is 12.7. The fraction of sp³-hybridized carbons (Fsp3) is 0.556. The molecule has 2 atom stereocenters. The molecule has 100 valence electrons. The van der Waals surface area contributed by atoms with Crippen molar-refractivity contribution in [1.82, 2.24) is 9.78 Å². The van der Waals surface area contributed by atoms with Crippen molar-refractivity contribution in [3.05, 3.63) is 11.8 Å². The molecule has 0 radical (unpaired) electrons. The summed E-state index contributed by atoms with van der Waals surface area (Å²) >= 11 is 0. The first-order chi connectivity index (χ1) is 8.29. The van der Waals surface area contributed by atoms with E-state index in [1.807, 2.05) is 0 Å². The van der Waals surface area contributed by atoms with Crippen LogP contribution in [-0.4, -0.2) is 39.2 Å². The summed E-state index contributed by atoms with van der Waals surface area (Å²) in [4.78, 5) is 10.9. The molecule has 2 unspecified atom stereocenters. The number of aliphatic hydroxyl groups is 1. The highest BCUT2D eigenvalue weighted by molar-refractivity contribution is 5.91. The van der Waals surface area contributed by atoms with Crippen molar-refractivity contribution >= 4 is 5.91 Å². The van der Waals surface area contributed by atoms with E-state index in [0.717, 1.165) is 6.07 Å². The molecule has 0 saturated carbocycles. The topological polar surface area (TPSA) is 90.4 Å². The zero-order valence-corrected chi connectivity index (χ0v) is 9.02. The smallest absolute Gasteiger partial charge is 0.418 e. The summed E-state index contributed by atoms with van der Waals surface area (Å²) in [6, 6.07) is 1.15. The highest BCUT2D eigenvalue weighted by Gasteiger charge is 2.46. The number of carbonyl (C=O) groups is 1. The van der Waals surface area contributed by atoms with Crippen molar-refractivity contribution in [3.63, 3.8) is 0 Å². The number of nitrogens with two attached hydrogens (primary N) is 1. The quantitative estimate of drug-likeness (QED) is 0.791. The summed E-state index contributed by atoms with van der Waals surface area (Å²) in [5.41, 5.74) is 4.90. The molecular formula is C9H10F3N3O3. The van der Waals surface area contributed by atoms with Crippen LogP contribution in [0.25, 0.3) is 0 Å². The largest absolute Gasteiger partial charge is 0.471 e. The maximum atomic E-state index is 12.3. The Kier molecular flexibility index (Phi) is 2.93. The van der Waals surface area contributed by atoms with E-state index in [0.29, 0.717) is 0 Å². The molecule has 2 heterocycles. The fourth-order valence-electron chi connectivity index (χ4n) is 1.67. The standard InChI is InChI=1S/C9H10F3N3O3/c10-9(11,12)7(16)5-1-2-15-6(18-5)3-4(14-15)8(13)17/h3,5,7,16H,1-2H2,(H2,13,17). The summed E-state index contributed by atoms with van der Waals surface area (Å²) in [6.45, 7) is 0.112. The van der Waals surface area contributed by atoms with E-state index in [4.69, 9.17) is 15.6 Å². The molecule has 18 heavy (non-hydrogen) atoms. The van der Waals surface area contributed by atoms with Gasteiger partial charge < -0.3 is 15.6 Å². The number of hydrogen-bond donors (Lipinski definition) is 2. The Bertz CT molecular complexity index is 471. The molecule has 0 saturated heterocycles. The Morgan fingerprint density at radius 1 is 1.67 bits per heavy atom. The maximum absolute atomic E-state index is 12.3. The summed E-state index contributed by atoms with van der Waals surface area (Å²) in [5.74, 6) is -0.809. The lowest BCUT2D eigenvalue weighted by Crippen LogP contribution is -2.45. The number of ether oxygens (including phenoxy) is 1. The Morgan fingerprint density at radius 3 is 2.89 bits per heavy atom. The lowest BCUT2D eigenvalue weighted by molar-refractivity contribution is -0.229. The van der Waals surface area contributed by atoms with Gasteiger partial charge in [-0.3, -0.25) is 4.79 Å². The van der Waals surface area contributed by atoms with Crippen molar-refractivity contribution in [2.75, 3.05) is 0 Å². The number of hydrogen-bond acceptors (Lipinski definition) is 4. The van der Waals surface area contributed by atoms with Gasteiger partial charge in [0.2, 0.25) is 5.88 Å². The third-order valence-electron chi connectivity index (χ3n) is 2.58.